The Morgan fingerprint density at radius 1 is 1.14 bits per heavy atom. The zero-order valence-corrected chi connectivity index (χ0v) is 18.5. The van der Waals surface area contributed by atoms with E-state index in [2.05, 4.69) is 10.0 Å². The average molecular weight is 496 g/mol. The molecule has 1 saturated heterocycles. The summed E-state index contributed by atoms with van der Waals surface area (Å²) in [6, 6.07) is 1.81. The lowest BCUT2D eigenvalue weighted by molar-refractivity contribution is -0.120. The van der Waals surface area contributed by atoms with Crippen LogP contribution in [0.2, 0.25) is 0 Å². The zero-order valence-electron chi connectivity index (χ0n) is 14.6. The van der Waals surface area contributed by atoms with Crippen LogP contribution in [-0.4, -0.2) is 64.3 Å². The van der Waals surface area contributed by atoms with Crippen molar-refractivity contribution in [2.75, 3.05) is 25.7 Å². The quantitative estimate of drug-likeness (QED) is 0.554. The first-order valence-electron chi connectivity index (χ1n) is 7.61. The number of ether oxygens (including phenoxy) is 2. The minimum atomic E-state index is -4.24. The minimum absolute atomic E-state index is 0.0241. The van der Waals surface area contributed by atoms with Crippen molar-refractivity contribution in [2.45, 2.75) is 20.8 Å². The van der Waals surface area contributed by atoms with E-state index >= 15 is 0 Å². The Kier molecular flexibility index (Phi) is 6.99. The van der Waals surface area contributed by atoms with Crippen LogP contribution in [-0.2, 0) is 24.7 Å². The number of hydrogen-bond acceptors (Lipinski definition) is 7. The molecule has 28 heavy (non-hydrogen) atoms. The molecular weight excluding hydrogens is 479 g/mol. The standard InChI is InChI=1S/C14H17Cl3N2O7S2/c1-25-8-3-4-11(26-2)12(5-8)28(23,24)19-10-7-27(21,22)6-9(10)18-13(20)14(15,16)17/h3-5,9-10,19H,6-7H2,1-2H3,(H,18,20)/t9-,10+/m1/s1. The van der Waals surface area contributed by atoms with Crippen molar-refractivity contribution in [3.63, 3.8) is 0 Å². The summed E-state index contributed by atoms with van der Waals surface area (Å²) in [7, 11) is -5.25. The summed E-state index contributed by atoms with van der Waals surface area (Å²) in [5.74, 6) is -1.84. The maximum absolute atomic E-state index is 12.8. The normalized spacial score (nSPS) is 21.9. The second kappa shape index (κ2) is 8.41. The third kappa shape index (κ3) is 5.55. The van der Waals surface area contributed by atoms with Crippen LogP contribution >= 0.6 is 34.8 Å². The van der Waals surface area contributed by atoms with Crippen LogP contribution in [0.25, 0.3) is 0 Å². The molecule has 1 heterocycles. The molecule has 0 radical (unpaired) electrons. The first-order chi connectivity index (χ1) is 12.8. The Morgan fingerprint density at radius 3 is 2.29 bits per heavy atom. The van der Waals surface area contributed by atoms with E-state index in [1.165, 1.54) is 32.4 Å². The molecule has 0 aromatic heterocycles. The Hall–Kier alpha value is -0.980. The minimum Gasteiger partial charge on any atom is -0.497 e. The Morgan fingerprint density at radius 2 is 1.75 bits per heavy atom. The van der Waals surface area contributed by atoms with Crippen LogP contribution < -0.4 is 19.5 Å². The van der Waals surface area contributed by atoms with Crippen LogP contribution in [0.5, 0.6) is 11.5 Å². The number of hydrogen-bond donors (Lipinski definition) is 2. The molecule has 9 nitrogen and oxygen atoms in total. The number of sulfonamides is 1. The molecule has 1 fully saturated rings. The van der Waals surface area contributed by atoms with Gasteiger partial charge in [-0.05, 0) is 12.1 Å². The average Bonchev–Trinajstić information content (AvgIpc) is 2.85. The summed E-state index contributed by atoms with van der Waals surface area (Å²) >= 11 is 16.4. The molecule has 1 aliphatic rings. The van der Waals surface area contributed by atoms with E-state index in [1.807, 2.05) is 0 Å². The zero-order chi connectivity index (χ0) is 21.3. The third-order valence-electron chi connectivity index (χ3n) is 3.89. The fraction of sp³-hybridized carbons (Fsp3) is 0.500. The van der Waals surface area contributed by atoms with Gasteiger partial charge in [0.15, 0.2) is 9.84 Å². The summed E-state index contributed by atoms with van der Waals surface area (Å²) < 4.78 is 59.7. The first kappa shape index (κ1) is 23.3. The van der Waals surface area contributed by atoms with Crippen molar-refractivity contribution >= 4 is 60.6 Å². The Labute approximate surface area is 177 Å². The van der Waals surface area contributed by atoms with Crippen molar-refractivity contribution in [2.24, 2.45) is 0 Å². The fourth-order valence-corrected chi connectivity index (χ4v) is 6.20. The van der Waals surface area contributed by atoms with E-state index in [-0.39, 0.29) is 16.4 Å². The van der Waals surface area contributed by atoms with Crippen molar-refractivity contribution in [3.8, 4) is 11.5 Å². The van der Waals surface area contributed by atoms with Gasteiger partial charge in [-0.25, -0.2) is 21.6 Å². The number of benzene rings is 1. The molecule has 0 bridgehead atoms. The number of carbonyl (C=O) groups excluding carboxylic acids is 1. The van der Waals surface area contributed by atoms with Crippen LogP contribution in [0.15, 0.2) is 23.1 Å². The highest BCUT2D eigenvalue weighted by Gasteiger charge is 2.43. The topological polar surface area (TPSA) is 128 Å². The van der Waals surface area contributed by atoms with Crippen LogP contribution in [0, 0.1) is 0 Å². The van der Waals surface area contributed by atoms with Gasteiger partial charge in [-0.15, -0.1) is 0 Å². The second-order valence-electron chi connectivity index (χ2n) is 5.90. The van der Waals surface area contributed by atoms with Crippen molar-refractivity contribution in [1.29, 1.82) is 0 Å². The number of methoxy groups -OCH3 is 2. The van der Waals surface area contributed by atoms with E-state index in [1.54, 1.807) is 0 Å². The van der Waals surface area contributed by atoms with E-state index in [0.717, 1.165) is 0 Å². The van der Waals surface area contributed by atoms with Gasteiger partial charge in [0.2, 0.25) is 10.0 Å². The van der Waals surface area contributed by atoms with E-state index in [9.17, 15) is 21.6 Å². The number of halogens is 3. The van der Waals surface area contributed by atoms with E-state index in [0.29, 0.717) is 0 Å². The molecule has 2 N–H and O–H groups in total. The van der Waals surface area contributed by atoms with Crippen LogP contribution in [0.1, 0.15) is 0 Å². The van der Waals surface area contributed by atoms with E-state index < -0.39 is 53.1 Å². The predicted molar refractivity (Wildman–Crippen MR) is 105 cm³/mol. The van der Waals surface area contributed by atoms with Gasteiger partial charge in [-0.1, -0.05) is 34.8 Å². The first-order valence-corrected chi connectivity index (χ1v) is 12.1. The molecule has 14 heteroatoms. The lowest BCUT2D eigenvalue weighted by Gasteiger charge is -2.23. The highest BCUT2D eigenvalue weighted by atomic mass is 35.6. The number of rotatable bonds is 6. The third-order valence-corrected chi connectivity index (χ3v) is 7.65. The molecule has 2 atom stereocenters. The van der Waals surface area contributed by atoms with Gasteiger partial charge in [-0.2, -0.15) is 0 Å². The van der Waals surface area contributed by atoms with Crippen molar-refractivity contribution in [1.82, 2.24) is 10.0 Å². The molecule has 158 valence electrons. The molecule has 1 aromatic carbocycles. The lowest BCUT2D eigenvalue weighted by atomic mass is 10.2. The summed E-state index contributed by atoms with van der Waals surface area (Å²) in [6.07, 6.45) is 0. The van der Waals surface area contributed by atoms with E-state index in [4.69, 9.17) is 44.3 Å². The van der Waals surface area contributed by atoms with Crippen LogP contribution in [0.4, 0.5) is 0 Å². The summed E-state index contributed by atoms with van der Waals surface area (Å²) in [5.41, 5.74) is 0. The molecule has 1 amide bonds. The highest BCUT2D eigenvalue weighted by molar-refractivity contribution is 7.92. The van der Waals surface area contributed by atoms with Crippen molar-refractivity contribution in [3.05, 3.63) is 18.2 Å². The van der Waals surface area contributed by atoms with Gasteiger partial charge >= 0.3 is 0 Å². The predicted octanol–water partition coefficient (Wildman–Crippen LogP) is 0.634. The monoisotopic (exact) mass is 494 g/mol. The van der Waals surface area contributed by atoms with Gasteiger partial charge in [0, 0.05) is 6.07 Å². The molecule has 0 saturated carbocycles. The van der Waals surface area contributed by atoms with Gasteiger partial charge in [-0.3, -0.25) is 4.79 Å². The van der Waals surface area contributed by atoms with Crippen LogP contribution in [0.3, 0.4) is 0 Å². The molecule has 0 unspecified atom stereocenters. The summed E-state index contributed by atoms with van der Waals surface area (Å²) in [6.45, 7) is 0. The molecular formula is C14H17Cl3N2O7S2. The molecule has 2 rings (SSSR count). The highest BCUT2D eigenvalue weighted by Crippen LogP contribution is 2.30. The fourth-order valence-electron chi connectivity index (χ4n) is 2.61. The molecule has 1 aliphatic heterocycles. The van der Waals surface area contributed by atoms with Gasteiger partial charge in [0.25, 0.3) is 9.70 Å². The Balaban J connectivity index is 2.34. The smallest absolute Gasteiger partial charge is 0.272 e. The Bertz CT molecular complexity index is 962. The van der Waals surface area contributed by atoms with Gasteiger partial charge < -0.3 is 14.8 Å². The summed E-state index contributed by atoms with van der Waals surface area (Å²) in [5, 5.41) is 2.25. The number of nitrogens with one attached hydrogen (secondary N) is 2. The second-order valence-corrected chi connectivity index (χ2v) is 12.0. The maximum Gasteiger partial charge on any atom is 0.272 e. The molecule has 0 spiro atoms. The number of amides is 1. The number of carbonyl (C=O) groups is 1. The number of alkyl halides is 3. The summed E-state index contributed by atoms with van der Waals surface area (Å²) in [4.78, 5) is 11.6. The number of sulfone groups is 1. The molecule has 0 aliphatic carbocycles. The van der Waals surface area contributed by atoms with Gasteiger partial charge in [0.1, 0.15) is 16.4 Å². The van der Waals surface area contributed by atoms with Crippen molar-refractivity contribution < 1.29 is 31.1 Å². The SMILES string of the molecule is COc1ccc(OC)c(S(=O)(=O)N[C@H]2CS(=O)(=O)C[C@H]2NC(=O)C(Cl)(Cl)Cl)c1. The molecule has 1 aromatic rings. The largest absolute Gasteiger partial charge is 0.497 e. The lowest BCUT2D eigenvalue weighted by Crippen LogP contribution is -2.53. The van der Waals surface area contributed by atoms with Gasteiger partial charge in [0.05, 0.1) is 37.8 Å². The maximum atomic E-state index is 12.8.